The predicted molar refractivity (Wildman–Crippen MR) is 358 cm³/mol. The molecule has 2 unspecified atom stereocenters. The summed E-state index contributed by atoms with van der Waals surface area (Å²) in [6.45, 7) is 4.20. The predicted octanol–water partition coefficient (Wildman–Crippen LogP) is 23.3. The van der Waals surface area contributed by atoms with Crippen LogP contribution < -0.4 is 5.32 Å². The minimum Gasteiger partial charge on any atom is -0.394 e. The van der Waals surface area contributed by atoms with Crippen molar-refractivity contribution in [2.75, 3.05) is 6.61 Å². The SMILES string of the molecule is CC/C=C\C/C=C\C/C=C\C/C=C\C/C=C\C/C=C\C/C=C\C/C=C\C/C=C\C/C=C\C/C=C\C/C=C\CCCCCCC(=O)NC(CO)C(O)/C=C/CCCCCCCCCCCCCCCCCCCCCCCCCCC. The third-order valence-corrected chi connectivity index (χ3v) is 14.5. The van der Waals surface area contributed by atoms with Crippen LogP contribution in [0.15, 0.2) is 158 Å². The van der Waals surface area contributed by atoms with Crippen LogP contribution in [0.3, 0.4) is 0 Å². The summed E-state index contributed by atoms with van der Waals surface area (Å²) in [5.74, 6) is -0.0917. The van der Waals surface area contributed by atoms with Crippen LogP contribution in [0.5, 0.6) is 0 Å². The quantitative estimate of drug-likeness (QED) is 0.0420. The van der Waals surface area contributed by atoms with Crippen LogP contribution in [0.25, 0.3) is 0 Å². The number of carbonyl (C=O) groups excluding carboxylic acids is 1. The van der Waals surface area contributed by atoms with Gasteiger partial charge in [-0.05, 0) is 109 Å². The molecule has 0 aliphatic rings. The zero-order valence-electron chi connectivity index (χ0n) is 52.3. The van der Waals surface area contributed by atoms with E-state index in [0.717, 1.165) is 122 Å². The van der Waals surface area contributed by atoms with Crippen molar-refractivity contribution in [1.29, 1.82) is 0 Å². The number of hydrogen-bond donors (Lipinski definition) is 3. The third-order valence-electron chi connectivity index (χ3n) is 14.5. The van der Waals surface area contributed by atoms with E-state index >= 15 is 0 Å². The molecule has 0 saturated carbocycles. The smallest absolute Gasteiger partial charge is 0.220 e. The number of aliphatic hydroxyl groups is 2. The first-order chi connectivity index (χ1) is 39.7. The molecule has 0 rings (SSSR count). The minimum absolute atomic E-state index is 0.0917. The molecule has 2 atom stereocenters. The highest BCUT2D eigenvalue weighted by atomic mass is 16.3. The van der Waals surface area contributed by atoms with E-state index in [2.05, 4.69) is 165 Å². The number of amides is 1. The number of rotatable bonds is 60. The molecule has 0 aromatic rings. The number of unbranched alkanes of at least 4 members (excludes halogenated alkanes) is 29. The normalized spacial score (nSPS) is 13.8. The first kappa shape index (κ1) is 76.0. The van der Waals surface area contributed by atoms with Crippen molar-refractivity contribution in [3.8, 4) is 0 Å². The summed E-state index contributed by atoms with van der Waals surface area (Å²) in [6, 6.07) is -0.649. The summed E-state index contributed by atoms with van der Waals surface area (Å²) >= 11 is 0. The molecule has 0 aliphatic heterocycles. The molecular formula is C76H127NO3. The molecule has 0 aromatic heterocycles. The van der Waals surface area contributed by atoms with E-state index in [9.17, 15) is 15.0 Å². The van der Waals surface area contributed by atoms with Gasteiger partial charge in [-0.25, -0.2) is 0 Å². The van der Waals surface area contributed by atoms with Crippen LogP contribution in [-0.2, 0) is 4.79 Å². The Morgan fingerprint density at radius 1 is 0.312 bits per heavy atom. The van der Waals surface area contributed by atoms with E-state index in [1.807, 2.05) is 6.08 Å². The van der Waals surface area contributed by atoms with Gasteiger partial charge in [0.25, 0.3) is 0 Å². The zero-order valence-corrected chi connectivity index (χ0v) is 52.3. The van der Waals surface area contributed by atoms with Gasteiger partial charge in [0.2, 0.25) is 5.91 Å². The largest absolute Gasteiger partial charge is 0.394 e. The fourth-order valence-corrected chi connectivity index (χ4v) is 9.46. The average Bonchev–Trinajstić information content (AvgIpc) is 3.46. The maximum atomic E-state index is 12.5. The van der Waals surface area contributed by atoms with Gasteiger partial charge in [-0.3, -0.25) is 4.79 Å². The summed E-state index contributed by atoms with van der Waals surface area (Å²) in [5.41, 5.74) is 0. The average molecular weight is 1100 g/mol. The number of aliphatic hydroxyl groups excluding tert-OH is 2. The van der Waals surface area contributed by atoms with Gasteiger partial charge >= 0.3 is 0 Å². The molecule has 4 nitrogen and oxygen atoms in total. The maximum Gasteiger partial charge on any atom is 0.220 e. The van der Waals surface area contributed by atoms with Crippen LogP contribution in [-0.4, -0.2) is 34.9 Å². The second-order valence-corrected chi connectivity index (χ2v) is 22.2. The lowest BCUT2D eigenvalue weighted by Gasteiger charge is -2.20. The fraction of sp³-hybridized carbons (Fsp3) is 0.645. The first-order valence-corrected chi connectivity index (χ1v) is 33.7. The number of allylic oxidation sites excluding steroid dienone is 25. The summed E-state index contributed by atoms with van der Waals surface area (Å²) in [6.07, 6.45) is 110. The van der Waals surface area contributed by atoms with Crippen molar-refractivity contribution in [3.63, 3.8) is 0 Å². The molecule has 0 heterocycles. The molecule has 454 valence electrons. The third kappa shape index (κ3) is 64.8. The number of nitrogens with one attached hydrogen (secondary N) is 1. The second kappa shape index (κ2) is 69.3. The Kier molecular flexibility index (Phi) is 65.8. The molecular weight excluding hydrogens is 975 g/mol. The molecule has 0 bridgehead atoms. The topological polar surface area (TPSA) is 69.6 Å². The van der Waals surface area contributed by atoms with Crippen LogP contribution in [0.1, 0.15) is 296 Å². The Morgan fingerprint density at radius 2 is 0.550 bits per heavy atom. The highest BCUT2D eigenvalue weighted by Crippen LogP contribution is 2.17. The highest BCUT2D eigenvalue weighted by Gasteiger charge is 2.18. The maximum absolute atomic E-state index is 12.5. The molecule has 0 fully saturated rings. The Balaban J connectivity index is 3.65. The molecule has 0 spiro atoms. The van der Waals surface area contributed by atoms with Crippen LogP contribution in [0, 0.1) is 0 Å². The molecule has 1 amide bonds. The van der Waals surface area contributed by atoms with Crippen molar-refractivity contribution >= 4 is 5.91 Å². The van der Waals surface area contributed by atoms with Crippen LogP contribution in [0.2, 0.25) is 0 Å². The van der Waals surface area contributed by atoms with E-state index in [0.29, 0.717) is 6.42 Å². The van der Waals surface area contributed by atoms with Crippen molar-refractivity contribution < 1.29 is 15.0 Å². The molecule has 0 radical (unpaired) electrons. The molecule has 0 saturated heterocycles. The molecule has 4 heteroatoms. The monoisotopic (exact) mass is 1100 g/mol. The van der Waals surface area contributed by atoms with E-state index in [1.54, 1.807) is 6.08 Å². The molecule has 0 aliphatic carbocycles. The minimum atomic E-state index is -0.863. The van der Waals surface area contributed by atoms with Gasteiger partial charge in [0.05, 0.1) is 18.8 Å². The fourth-order valence-electron chi connectivity index (χ4n) is 9.46. The highest BCUT2D eigenvalue weighted by molar-refractivity contribution is 5.76. The summed E-state index contributed by atoms with van der Waals surface area (Å²) in [4.78, 5) is 12.5. The van der Waals surface area contributed by atoms with E-state index < -0.39 is 12.1 Å². The van der Waals surface area contributed by atoms with Crippen molar-refractivity contribution in [2.45, 2.75) is 309 Å². The van der Waals surface area contributed by atoms with Gasteiger partial charge in [-0.15, -0.1) is 0 Å². The summed E-state index contributed by atoms with van der Waals surface area (Å²) in [7, 11) is 0. The number of carbonyl (C=O) groups is 1. The Hall–Kier alpha value is -3.99. The van der Waals surface area contributed by atoms with E-state index in [-0.39, 0.29) is 12.5 Å². The van der Waals surface area contributed by atoms with Crippen LogP contribution in [0.4, 0.5) is 0 Å². The van der Waals surface area contributed by atoms with Crippen LogP contribution >= 0.6 is 0 Å². The van der Waals surface area contributed by atoms with Crippen molar-refractivity contribution in [2.24, 2.45) is 0 Å². The first-order valence-electron chi connectivity index (χ1n) is 33.7. The standard InChI is InChI=1S/C76H127NO3/c1-3-5-7-9-11-13-15-17-19-21-23-25-27-29-31-32-33-34-35-36-37-38-39-40-41-42-43-44-46-48-50-52-54-56-58-60-62-64-66-68-70-72-76(80)77-74(73-78)75(79)71-69-67-65-63-61-59-57-55-53-51-49-47-45-30-28-26-24-22-20-18-16-14-12-10-8-6-4-2/h5,7,11,13,17,19,23,25,29,31,33-34,36-37,39-40,42-43,46,48,52,54,58,60,69,71,74-75,78-79H,3-4,6,8-10,12,14-16,18,20-22,24,26-28,30,32,35,38,41,44-45,47,49-51,53,55-57,59,61-68,70,72-73H2,1-2H3,(H,77,80)/b7-5-,13-11-,19-17-,25-23-,31-29-,34-33-,37-36-,40-39-,43-42-,48-46-,54-52-,60-58-,71-69+. The zero-order chi connectivity index (χ0) is 57.6. The van der Waals surface area contributed by atoms with E-state index in [4.69, 9.17) is 0 Å². The summed E-state index contributed by atoms with van der Waals surface area (Å²) < 4.78 is 0. The molecule has 80 heavy (non-hydrogen) atoms. The van der Waals surface area contributed by atoms with Gasteiger partial charge in [0.1, 0.15) is 0 Å². The van der Waals surface area contributed by atoms with Gasteiger partial charge in [-0.1, -0.05) is 339 Å². The molecule has 0 aromatic carbocycles. The Labute approximate surface area is 496 Å². The lowest BCUT2D eigenvalue weighted by atomic mass is 10.0. The molecule has 3 N–H and O–H groups in total. The van der Waals surface area contributed by atoms with Gasteiger partial charge in [0.15, 0.2) is 0 Å². The Bertz CT molecular complexity index is 1680. The summed E-state index contributed by atoms with van der Waals surface area (Å²) in [5, 5.41) is 23.2. The lowest BCUT2D eigenvalue weighted by Crippen LogP contribution is -2.45. The lowest BCUT2D eigenvalue weighted by molar-refractivity contribution is -0.123. The Morgan fingerprint density at radius 3 is 0.825 bits per heavy atom. The van der Waals surface area contributed by atoms with Crippen molar-refractivity contribution in [1.82, 2.24) is 5.32 Å². The second-order valence-electron chi connectivity index (χ2n) is 22.2. The van der Waals surface area contributed by atoms with E-state index in [1.165, 1.54) is 154 Å². The van der Waals surface area contributed by atoms with Gasteiger partial charge in [-0.2, -0.15) is 0 Å². The van der Waals surface area contributed by atoms with Gasteiger partial charge in [0, 0.05) is 6.42 Å². The van der Waals surface area contributed by atoms with Crippen molar-refractivity contribution in [3.05, 3.63) is 158 Å². The van der Waals surface area contributed by atoms with Gasteiger partial charge < -0.3 is 15.5 Å². The number of hydrogen-bond acceptors (Lipinski definition) is 3.